The number of carbonyl (C=O) groups excluding carboxylic acids is 1. The standard InChI is InChI=1S/C15H14O2/c1-3-14(16)17-15(10-6-7-11-15)13-9-5-4-8-12(13)2/h3-11H,1H2,2H3. The average Bonchev–Trinajstić information content (AvgIpc) is 2.79. The van der Waals surface area contributed by atoms with Crippen LogP contribution in [0.3, 0.4) is 0 Å². The predicted molar refractivity (Wildman–Crippen MR) is 67.4 cm³/mol. The third kappa shape index (κ3) is 2.07. The molecule has 1 aromatic rings. The molecule has 0 aliphatic heterocycles. The Bertz CT molecular complexity index is 497. The Balaban J connectivity index is 2.46. The smallest absolute Gasteiger partial charge is 0.331 e. The summed E-state index contributed by atoms with van der Waals surface area (Å²) in [7, 11) is 0. The van der Waals surface area contributed by atoms with Crippen molar-refractivity contribution in [2.45, 2.75) is 12.5 Å². The number of esters is 1. The van der Waals surface area contributed by atoms with Crippen LogP contribution in [0.25, 0.3) is 0 Å². The summed E-state index contributed by atoms with van der Waals surface area (Å²) >= 11 is 0. The number of allylic oxidation sites excluding steroid dienone is 2. The molecule has 0 aromatic heterocycles. The molecule has 0 atom stereocenters. The molecule has 0 N–H and O–H groups in total. The van der Waals surface area contributed by atoms with Gasteiger partial charge < -0.3 is 4.74 Å². The number of carbonyl (C=O) groups is 1. The Morgan fingerprint density at radius 2 is 1.94 bits per heavy atom. The minimum atomic E-state index is -0.781. The van der Waals surface area contributed by atoms with Crippen LogP contribution < -0.4 is 0 Å². The molecule has 1 aliphatic rings. The molecule has 86 valence electrons. The third-order valence-electron chi connectivity index (χ3n) is 2.80. The lowest BCUT2D eigenvalue weighted by Gasteiger charge is -2.27. The maximum absolute atomic E-state index is 11.4. The van der Waals surface area contributed by atoms with Gasteiger partial charge in [0.25, 0.3) is 0 Å². The van der Waals surface area contributed by atoms with Gasteiger partial charge in [-0.25, -0.2) is 4.79 Å². The number of benzene rings is 1. The fraction of sp³-hybridized carbons (Fsp3) is 0.133. The Hall–Kier alpha value is -2.09. The molecule has 0 bridgehead atoms. The van der Waals surface area contributed by atoms with Crippen molar-refractivity contribution in [2.75, 3.05) is 0 Å². The fourth-order valence-corrected chi connectivity index (χ4v) is 1.97. The SMILES string of the molecule is C=CC(=O)OC1(c2ccccc2C)C=CC=C1. The van der Waals surface area contributed by atoms with Crippen LogP contribution in [0.15, 0.2) is 61.2 Å². The van der Waals surface area contributed by atoms with Crippen LogP contribution in [0.5, 0.6) is 0 Å². The summed E-state index contributed by atoms with van der Waals surface area (Å²) in [4.78, 5) is 11.4. The van der Waals surface area contributed by atoms with Crippen molar-refractivity contribution in [3.05, 3.63) is 72.4 Å². The van der Waals surface area contributed by atoms with Gasteiger partial charge in [-0.2, -0.15) is 0 Å². The summed E-state index contributed by atoms with van der Waals surface area (Å²) < 4.78 is 5.48. The van der Waals surface area contributed by atoms with E-state index in [4.69, 9.17) is 4.74 Å². The van der Waals surface area contributed by atoms with E-state index >= 15 is 0 Å². The second kappa shape index (κ2) is 4.42. The van der Waals surface area contributed by atoms with Crippen LogP contribution in [0.1, 0.15) is 11.1 Å². The Morgan fingerprint density at radius 3 is 2.53 bits per heavy atom. The molecular weight excluding hydrogens is 212 g/mol. The first-order valence-electron chi connectivity index (χ1n) is 5.46. The molecule has 2 nitrogen and oxygen atoms in total. The van der Waals surface area contributed by atoms with Crippen LogP contribution in [-0.2, 0) is 15.1 Å². The molecule has 0 saturated carbocycles. The van der Waals surface area contributed by atoms with Gasteiger partial charge in [-0.15, -0.1) is 0 Å². The van der Waals surface area contributed by atoms with E-state index in [1.54, 1.807) is 0 Å². The molecule has 0 heterocycles. The van der Waals surface area contributed by atoms with E-state index in [1.807, 2.05) is 55.5 Å². The van der Waals surface area contributed by atoms with E-state index in [-0.39, 0.29) is 0 Å². The van der Waals surface area contributed by atoms with Gasteiger partial charge in [-0.05, 0) is 24.6 Å². The zero-order valence-corrected chi connectivity index (χ0v) is 9.72. The molecule has 0 spiro atoms. The maximum atomic E-state index is 11.4. The van der Waals surface area contributed by atoms with Gasteiger partial charge in [0.05, 0.1) is 0 Å². The lowest BCUT2D eigenvalue weighted by molar-refractivity contribution is -0.146. The quantitative estimate of drug-likeness (QED) is 0.585. The van der Waals surface area contributed by atoms with E-state index in [2.05, 4.69) is 6.58 Å². The van der Waals surface area contributed by atoms with Crippen molar-refractivity contribution in [3.63, 3.8) is 0 Å². The van der Waals surface area contributed by atoms with E-state index < -0.39 is 11.6 Å². The van der Waals surface area contributed by atoms with Gasteiger partial charge in [-0.3, -0.25) is 0 Å². The summed E-state index contributed by atoms with van der Waals surface area (Å²) in [5, 5.41) is 0. The largest absolute Gasteiger partial charge is 0.442 e. The van der Waals surface area contributed by atoms with Crippen molar-refractivity contribution in [1.29, 1.82) is 0 Å². The summed E-state index contributed by atoms with van der Waals surface area (Å²) in [5.41, 5.74) is 1.28. The molecule has 17 heavy (non-hydrogen) atoms. The summed E-state index contributed by atoms with van der Waals surface area (Å²) in [6, 6.07) is 7.86. The molecule has 2 rings (SSSR count). The van der Waals surface area contributed by atoms with Gasteiger partial charge in [-0.1, -0.05) is 43.0 Å². The van der Waals surface area contributed by atoms with Crippen LogP contribution >= 0.6 is 0 Å². The fourth-order valence-electron chi connectivity index (χ4n) is 1.97. The third-order valence-corrected chi connectivity index (χ3v) is 2.80. The number of hydrogen-bond acceptors (Lipinski definition) is 2. The highest BCUT2D eigenvalue weighted by Crippen LogP contribution is 2.34. The minimum absolute atomic E-state index is 0.426. The Kier molecular flexibility index (Phi) is 2.96. The van der Waals surface area contributed by atoms with Crippen molar-refractivity contribution in [3.8, 4) is 0 Å². The first-order chi connectivity index (χ1) is 8.18. The average molecular weight is 226 g/mol. The van der Waals surface area contributed by atoms with Crippen LogP contribution in [0, 0.1) is 6.92 Å². The molecule has 2 heteroatoms. The van der Waals surface area contributed by atoms with E-state index in [0.717, 1.165) is 11.1 Å². The summed E-state index contributed by atoms with van der Waals surface area (Å²) in [5.74, 6) is -0.426. The summed E-state index contributed by atoms with van der Waals surface area (Å²) in [6.45, 7) is 5.43. The highest BCUT2D eigenvalue weighted by Gasteiger charge is 2.33. The number of aryl methyl sites for hydroxylation is 1. The van der Waals surface area contributed by atoms with Gasteiger partial charge in [0.2, 0.25) is 0 Å². The van der Waals surface area contributed by atoms with E-state index in [1.165, 1.54) is 6.08 Å². The second-order valence-electron chi connectivity index (χ2n) is 3.95. The Morgan fingerprint density at radius 1 is 1.29 bits per heavy atom. The molecule has 0 unspecified atom stereocenters. The van der Waals surface area contributed by atoms with Gasteiger partial charge in [0.1, 0.15) is 0 Å². The van der Waals surface area contributed by atoms with Gasteiger partial charge in [0.15, 0.2) is 5.60 Å². The molecule has 0 radical (unpaired) electrons. The van der Waals surface area contributed by atoms with Crippen LogP contribution in [0.2, 0.25) is 0 Å². The molecule has 0 fully saturated rings. The van der Waals surface area contributed by atoms with Crippen LogP contribution in [0.4, 0.5) is 0 Å². The van der Waals surface area contributed by atoms with Gasteiger partial charge in [0, 0.05) is 11.6 Å². The van der Waals surface area contributed by atoms with Crippen molar-refractivity contribution >= 4 is 5.97 Å². The van der Waals surface area contributed by atoms with Crippen molar-refractivity contribution < 1.29 is 9.53 Å². The number of rotatable bonds is 3. The first-order valence-corrected chi connectivity index (χ1v) is 5.46. The Labute approximate surface area is 101 Å². The molecular formula is C15H14O2. The van der Waals surface area contributed by atoms with Gasteiger partial charge >= 0.3 is 5.97 Å². The van der Waals surface area contributed by atoms with E-state index in [0.29, 0.717) is 0 Å². The zero-order valence-electron chi connectivity index (χ0n) is 9.72. The minimum Gasteiger partial charge on any atom is -0.442 e. The predicted octanol–water partition coefficient (Wildman–Crippen LogP) is 3.05. The monoisotopic (exact) mass is 226 g/mol. The molecule has 0 saturated heterocycles. The van der Waals surface area contributed by atoms with Crippen molar-refractivity contribution in [2.24, 2.45) is 0 Å². The van der Waals surface area contributed by atoms with Crippen molar-refractivity contribution in [1.82, 2.24) is 0 Å². The normalized spacial score (nSPS) is 15.8. The number of ether oxygens (including phenoxy) is 1. The molecule has 1 aliphatic carbocycles. The second-order valence-corrected chi connectivity index (χ2v) is 3.95. The summed E-state index contributed by atoms with van der Waals surface area (Å²) in [6.07, 6.45) is 8.68. The number of hydrogen-bond donors (Lipinski definition) is 0. The lowest BCUT2D eigenvalue weighted by atomic mass is 9.91. The zero-order chi connectivity index (χ0) is 12.3. The first kappa shape index (κ1) is 11.4. The lowest BCUT2D eigenvalue weighted by Crippen LogP contribution is -2.27. The van der Waals surface area contributed by atoms with E-state index in [9.17, 15) is 4.79 Å². The molecule has 0 amide bonds. The maximum Gasteiger partial charge on any atom is 0.331 e. The molecule has 1 aromatic carbocycles. The highest BCUT2D eigenvalue weighted by molar-refractivity contribution is 5.82. The van der Waals surface area contributed by atoms with Crippen LogP contribution in [-0.4, -0.2) is 5.97 Å². The topological polar surface area (TPSA) is 26.3 Å². The highest BCUT2D eigenvalue weighted by atomic mass is 16.6.